The van der Waals surface area contributed by atoms with Crippen LogP contribution in [0.1, 0.15) is 5.56 Å². The van der Waals surface area contributed by atoms with E-state index in [2.05, 4.69) is 10.6 Å². The number of carbonyl (C=O) groups is 2. The third-order valence-electron chi connectivity index (χ3n) is 4.25. The first-order valence-corrected chi connectivity index (χ1v) is 9.28. The van der Waals surface area contributed by atoms with Crippen molar-refractivity contribution in [1.82, 2.24) is 5.32 Å². The summed E-state index contributed by atoms with van der Waals surface area (Å²) in [6.07, 6.45) is 0. The smallest absolute Gasteiger partial charge is 0.279 e. The van der Waals surface area contributed by atoms with Crippen LogP contribution in [-0.4, -0.2) is 53.3 Å². The third kappa shape index (κ3) is 6.63. The Bertz CT molecular complexity index is 866. The van der Waals surface area contributed by atoms with E-state index >= 15 is 0 Å². The fourth-order valence-electron chi connectivity index (χ4n) is 2.88. The summed E-state index contributed by atoms with van der Waals surface area (Å²) in [5, 5.41) is 5.42. The lowest BCUT2D eigenvalue weighted by Crippen LogP contribution is -3.11. The standard InChI is InChI=1S/C21H26FN3O5/c1-25(13-20(27)24-16-7-5-6-15(22)10-16)12-19(26)23-11-14-8-17(28-2)21(30-4)18(9-14)29-3/h5-10H,11-13H2,1-4H3,(H,23,26)(H,24,27)/p+1. The van der Waals surface area contributed by atoms with Gasteiger partial charge in [-0.1, -0.05) is 6.07 Å². The molecule has 0 aliphatic heterocycles. The maximum absolute atomic E-state index is 13.2. The molecule has 0 spiro atoms. The fourth-order valence-corrected chi connectivity index (χ4v) is 2.88. The third-order valence-corrected chi connectivity index (χ3v) is 4.25. The van der Waals surface area contributed by atoms with Gasteiger partial charge in [-0.05, 0) is 35.9 Å². The molecule has 0 radical (unpaired) electrons. The number of halogens is 1. The van der Waals surface area contributed by atoms with Gasteiger partial charge in [0.05, 0.1) is 28.4 Å². The Labute approximate surface area is 174 Å². The molecule has 1 atom stereocenters. The number of methoxy groups -OCH3 is 3. The van der Waals surface area contributed by atoms with Crippen LogP contribution in [0.15, 0.2) is 36.4 Å². The molecule has 0 heterocycles. The number of rotatable bonds is 10. The van der Waals surface area contributed by atoms with Crippen LogP contribution in [0.3, 0.4) is 0 Å². The van der Waals surface area contributed by atoms with Gasteiger partial charge in [-0.3, -0.25) is 9.59 Å². The molecule has 30 heavy (non-hydrogen) atoms. The summed E-state index contributed by atoms with van der Waals surface area (Å²) in [6.45, 7) is 0.424. The van der Waals surface area contributed by atoms with Crippen molar-refractivity contribution in [1.29, 1.82) is 0 Å². The number of hydrogen-bond donors (Lipinski definition) is 3. The summed E-state index contributed by atoms with van der Waals surface area (Å²) in [4.78, 5) is 25.0. The van der Waals surface area contributed by atoms with Crippen molar-refractivity contribution in [3.05, 3.63) is 47.8 Å². The molecule has 2 aromatic carbocycles. The van der Waals surface area contributed by atoms with Gasteiger partial charge in [-0.15, -0.1) is 0 Å². The molecule has 0 saturated carbocycles. The van der Waals surface area contributed by atoms with E-state index in [0.29, 0.717) is 27.8 Å². The molecule has 0 aliphatic rings. The number of quaternary nitrogens is 1. The zero-order valence-corrected chi connectivity index (χ0v) is 17.5. The van der Waals surface area contributed by atoms with Crippen molar-refractivity contribution in [2.24, 2.45) is 0 Å². The van der Waals surface area contributed by atoms with Gasteiger partial charge in [0.15, 0.2) is 24.6 Å². The molecule has 0 bridgehead atoms. The summed E-state index contributed by atoms with van der Waals surface area (Å²) < 4.78 is 29.1. The van der Waals surface area contributed by atoms with Crippen LogP contribution in [0.5, 0.6) is 17.2 Å². The summed E-state index contributed by atoms with van der Waals surface area (Å²) in [7, 11) is 6.29. The number of amides is 2. The number of nitrogens with one attached hydrogen (secondary N) is 3. The predicted octanol–water partition coefficient (Wildman–Crippen LogP) is 0.621. The maximum atomic E-state index is 13.2. The molecule has 2 rings (SSSR count). The number of anilines is 1. The minimum Gasteiger partial charge on any atom is -0.493 e. The van der Waals surface area contributed by atoms with Gasteiger partial charge in [0.2, 0.25) is 5.75 Å². The van der Waals surface area contributed by atoms with E-state index in [9.17, 15) is 14.0 Å². The number of benzene rings is 2. The number of likely N-dealkylation sites (N-methyl/N-ethyl adjacent to an activating group) is 1. The van der Waals surface area contributed by atoms with Crippen molar-refractivity contribution in [2.75, 3.05) is 46.8 Å². The van der Waals surface area contributed by atoms with Crippen LogP contribution >= 0.6 is 0 Å². The van der Waals surface area contributed by atoms with E-state index in [4.69, 9.17) is 14.2 Å². The first-order chi connectivity index (χ1) is 14.4. The van der Waals surface area contributed by atoms with Crippen LogP contribution in [0.2, 0.25) is 0 Å². The lowest BCUT2D eigenvalue weighted by atomic mass is 10.1. The zero-order valence-electron chi connectivity index (χ0n) is 17.5. The summed E-state index contributed by atoms with van der Waals surface area (Å²) >= 11 is 0. The second-order valence-corrected chi connectivity index (χ2v) is 6.68. The number of carbonyl (C=O) groups excluding carboxylic acids is 2. The minimum absolute atomic E-state index is 0.0636. The molecule has 2 amide bonds. The Hall–Kier alpha value is -3.33. The van der Waals surface area contributed by atoms with Crippen LogP contribution in [0, 0.1) is 5.82 Å². The largest absolute Gasteiger partial charge is 0.493 e. The molecule has 3 N–H and O–H groups in total. The Morgan fingerprint density at radius 2 is 1.60 bits per heavy atom. The van der Waals surface area contributed by atoms with Gasteiger partial charge < -0.3 is 29.7 Å². The van der Waals surface area contributed by atoms with E-state index in [1.54, 1.807) is 25.2 Å². The monoisotopic (exact) mass is 420 g/mol. The predicted molar refractivity (Wildman–Crippen MR) is 110 cm³/mol. The number of ether oxygens (including phenoxy) is 3. The fraction of sp³-hybridized carbons (Fsp3) is 0.333. The lowest BCUT2D eigenvalue weighted by Gasteiger charge is -2.16. The average molecular weight is 420 g/mol. The summed E-state index contributed by atoms with van der Waals surface area (Å²) in [5.74, 6) is 0.509. The normalized spacial score (nSPS) is 11.4. The van der Waals surface area contributed by atoms with E-state index in [1.807, 2.05) is 0 Å². The molecule has 0 saturated heterocycles. The van der Waals surface area contributed by atoms with Gasteiger partial charge in [0.1, 0.15) is 5.82 Å². The van der Waals surface area contributed by atoms with Gasteiger partial charge in [0, 0.05) is 12.2 Å². The Morgan fingerprint density at radius 1 is 0.967 bits per heavy atom. The molecule has 8 nitrogen and oxygen atoms in total. The molecule has 162 valence electrons. The van der Waals surface area contributed by atoms with Crippen LogP contribution < -0.4 is 29.7 Å². The van der Waals surface area contributed by atoms with Gasteiger partial charge in [-0.25, -0.2) is 4.39 Å². The van der Waals surface area contributed by atoms with Gasteiger partial charge >= 0.3 is 0 Å². The quantitative estimate of drug-likeness (QED) is 0.524. The Balaban J connectivity index is 1.86. The summed E-state index contributed by atoms with van der Waals surface area (Å²) in [6, 6.07) is 9.15. The molecular formula is C21H27FN3O5+. The van der Waals surface area contributed by atoms with Crippen LogP contribution in [-0.2, 0) is 16.1 Å². The second kappa shape index (κ2) is 11.0. The van der Waals surface area contributed by atoms with Crippen molar-refractivity contribution in [2.45, 2.75) is 6.54 Å². The first kappa shape index (κ1) is 23.0. The topological polar surface area (TPSA) is 90.3 Å². The minimum atomic E-state index is -0.431. The van der Waals surface area contributed by atoms with Crippen LogP contribution in [0.4, 0.5) is 10.1 Å². The Kier molecular flexibility index (Phi) is 8.42. The highest BCUT2D eigenvalue weighted by molar-refractivity contribution is 5.91. The summed E-state index contributed by atoms with van der Waals surface area (Å²) in [5.41, 5.74) is 1.15. The van der Waals surface area contributed by atoms with Gasteiger partial charge in [-0.2, -0.15) is 0 Å². The SMILES string of the molecule is COc1cc(CNC(=O)C[NH+](C)CC(=O)Nc2cccc(F)c2)cc(OC)c1OC. The highest BCUT2D eigenvalue weighted by atomic mass is 19.1. The first-order valence-electron chi connectivity index (χ1n) is 9.28. The maximum Gasteiger partial charge on any atom is 0.279 e. The Morgan fingerprint density at radius 3 is 2.17 bits per heavy atom. The van der Waals surface area contributed by atoms with Gasteiger partial charge in [0.25, 0.3) is 11.8 Å². The average Bonchev–Trinajstić information content (AvgIpc) is 2.71. The molecule has 2 aromatic rings. The van der Waals surface area contributed by atoms with Crippen molar-refractivity contribution in [3.8, 4) is 17.2 Å². The van der Waals surface area contributed by atoms with Crippen LogP contribution in [0.25, 0.3) is 0 Å². The molecule has 9 heteroatoms. The van der Waals surface area contributed by atoms with E-state index in [0.717, 1.165) is 5.56 Å². The zero-order chi connectivity index (χ0) is 22.1. The van der Waals surface area contributed by atoms with E-state index < -0.39 is 5.82 Å². The molecule has 0 fully saturated rings. The highest BCUT2D eigenvalue weighted by Gasteiger charge is 2.16. The highest BCUT2D eigenvalue weighted by Crippen LogP contribution is 2.38. The van der Waals surface area contributed by atoms with Crippen molar-refractivity contribution >= 4 is 17.5 Å². The van der Waals surface area contributed by atoms with Crippen molar-refractivity contribution in [3.63, 3.8) is 0 Å². The number of hydrogen-bond acceptors (Lipinski definition) is 5. The second-order valence-electron chi connectivity index (χ2n) is 6.68. The van der Waals surface area contributed by atoms with E-state index in [-0.39, 0.29) is 31.4 Å². The molecule has 1 unspecified atom stereocenters. The van der Waals surface area contributed by atoms with E-state index in [1.165, 1.54) is 39.5 Å². The molecule has 0 aliphatic carbocycles. The van der Waals surface area contributed by atoms with Crippen molar-refractivity contribution < 1.29 is 33.1 Å². The molecule has 0 aromatic heterocycles. The molecular weight excluding hydrogens is 393 g/mol. The lowest BCUT2D eigenvalue weighted by molar-refractivity contribution is -0.862.